The molecular weight excluding hydrogens is 298 g/mol. The average molecular weight is 317 g/mol. The first-order chi connectivity index (χ1) is 11.2. The Morgan fingerprint density at radius 2 is 1.96 bits per heavy atom. The van der Waals surface area contributed by atoms with Crippen LogP contribution in [0.25, 0.3) is 0 Å². The number of amides is 2. The van der Waals surface area contributed by atoms with Crippen LogP contribution in [0.5, 0.6) is 0 Å². The number of aromatic nitrogens is 3. The zero-order chi connectivity index (χ0) is 16.1. The number of aryl methyl sites for hydroxylation is 1. The molecule has 3 heterocycles. The predicted octanol–water partition coefficient (Wildman–Crippen LogP) is 0.636. The number of carbonyl (C=O) groups is 2. The van der Waals surface area contributed by atoms with Crippen molar-refractivity contribution in [1.29, 1.82) is 0 Å². The van der Waals surface area contributed by atoms with Crippen LogP contribution in [0.2, 0.25) is 0 Å². The van der Waals surface area contributed by atoms with Gasteiger partial charge in [0.15, 0.2) is 5.76 Å². The lowest BCUT2D eigenvalue weighted by Gasteiger charge is -2.34. The average Bonchev–Trinajstić information content (AvgIpc) is 3.28. The Bertz CT molecular complexity index is 630. The number of furan rings is 1. The van der Waals surface area contributed by atoms with Crippen LogP contribution >= 0.6 is 0 Å². The van der Waals surface area contributed by atoms with Crippen LogP contribution in [0.15, 0.2) is 35.5 Å². The molecule has 0 aliphatic carbocycles. The van der Waals surface area contributed by atoms with Crippen molar-refractivity contribution < 1.29 is 14.0 Å². The normalized spacial score (nSPS) is 15.0. The Hall–Kier alpha value is -2.64. The molecule has 23 heavy (non-hydrogen) atoms. The van der Waals surface area contributed by atoms with Crippen LogP contribution < -0.4 is 0 Å². The quantitative estimate of drug-likeness (QED) is 0.808. The van der Waals surface area contributed by atoms with E-state index in [-0.39, 0.29) is 11.8 Å². The van der Waals surface area contributed by atoms with Gasteiger partial charge in [-0.2, -0.15) is 5.10 Å². The summed E-state index contributed by atoms with van der Waals surface area (Å²) in [6.45, 7) is 2.88. The van der Waals surface area contributed by atoms with Crippen molar-refractivity contribution in [3.8, 4) is 0 Å². The Morgan fingerprint density at radius 3 is 2.61 bits per heavy atom. The van der Waals surface area contributed by atoms with E-state index in [1.165, 1.54) is 12.6 Å². The van der Waals surface area contributed by atoms with Crippen LogP contribution in [-0.2, 0) is 11.3 Å². The number of nitrogens with zero attached hydrogens (tertiary/aromatic N) is 5. The van der Waals surface area contributed by atoms with Gasteiger partial charge in [-0.3, -0.25) is 14.3 Å². The molecule has 0 unspecified atom stereocenters. The Balaban J connectivity index is 1.41. The van der Waals surface area contributed by atoms with Crippen LogP contribution in [0, 0.1) is 0 Å². The summed E-state index contributed by atoms with van der Waals surface area (Å²) >= 11 is 0. The minimum atomic E-state index is -0.117. The van der Waals surface area contributed by atoms with Gasteiger partial charge in [0.2, 0.25) is 5.91 Å². The summed E-state index contributed by atoms with van der Waals surface area (Å²) in [6.07, 6.45) is 5.82. The van der Waals surface area contributed by atoms with Gasteiger partial charge in [0, 0.05) is 39.1 Å². The van der Waals surface area contributed by atoms with E-state index in [0.717, 1.165) is 6.42 Å². The van der Waals surface area contributed by atoms with Gasteiger partial charge < -0.3 is 14.2 Å². The van der Waals surface area contributed by atoms with E-state index in [1.54, 1.807) is 28.0 Å². The molecule has 0 aromatic carbocycles. The molecular formula is C15H19N5O3. The Labute approximate surface area is 133 Å². The molecule has 0 saturated carbocycles. The second-order valence-electron chi connectivity index (χ2n) is 5.41. The molecule has 1 fully saturated rings. The second kappa shape index (κ2) is 7.08. The van der Waals surface area contributed by atoms with Crippen molar-refractivity contribution in [2.24, 2.45) is 0 Å². The van der Waals surface area contributed by atoms with Crippen LogP contribution in [0.1, 0.15) is 23.4 Å². The smallest absolute Gasteiger partial charge is 0.289 e. The Kier molecular flexibility index (Phi) is 4.70. The predicted molar refractivity (Wildman–Crippen MR) is 80.4 cm³/mol. The first-order valence-corrected chi connectivity index (χ1v) is 7.67. The van der Waals surface area contributed by atoms with E-state index in [2.05, 4.69) is 10.1 Å². The van der Waals surface area contributed by atoms with E-state index in [0.29, 0.717) is 44.9 Å². The van der Waals surface area contributed by atoms with Crippen molar-refractivity contribution in [2.45, 2.75) is 19.4 Å². The molecule has 0 N–H and O–H groups in total. The summed E-state index contributed by atoms with van der Waals surface area (Å²) < 4.78 is 6.84. The lowest BCUT2D eigenvalue weighted by Crippen LogP contribution is -2.50. The largest absolute Gasteiger partial charge is 0.459 e. The first kappa shape index (κ1) is 15.3. The molecule has 0 bridgehead atoms. The van der Waals surface area contributed by atoms with Gasteiger partial charge in [0.1, 0.15) is 12.7 Å². The lowest BCUT2D eigenvalue weighted by molar-refractivity contribution is -0.132. The summed E-state index contributed by atoms with van der Waals surface area (Å²) in [6, 6.07) is 3.35. The van der Waals surface area contributed by atoms with E-state index in [4.69, 9.17) is 4.42 Å². The third-order valence-electron chi connectivity index (χ3n) is 3.90. The second-order valence-corrected chi connectivity index (χ2v) is 5.41. The van der Waals surface area contributed by atoms with E-state index < -0.39 is 0 Å². The fourth-order valence-electron chi connectivity index (χ4n) is 2.61. The molecule has 1 saturated heterocycles. The van der Waals surface area contributed by atoms with Crippen LogP contribution in [0.4, 0.5) is 0 Å². The third kappa shape index (κ3) is 3.77. The number of carbonyl (C=O) groups excluding carboxylic acids is 2. The maximum atomic E-state index is 12.2. The SMILES string of the molecule is O=C(CCCn1cncn1)N1CCN(C(=O)c2ccco2)CC1. The molecule has 122 valence electrons. The minimum absolute atomic E-state index is 0.117. The van der Waals surface area contributed by atoms with Crippen LogP contribution in [-0.4, -0.2) is 62.6 Å². The number of rotatable bonds is 5. The topological polar surface area (TPSA) is 84.5 Å². The molecule has 0 spiro atoms. The standard InChI is InChI=1S/C15H19N5O3/c21-14(4-1-5-20-12-16-11-17-20)18-6-8-19(9-7-18)15(22)13-3-2-10-23-13/h2-3,10-12H,1,4-9H2. The highest BCUT2D eigenvalue weighted by molar-refractivity contribution is 5.91. The van der Waals surface area contributed by atoms with Gasteiger partial charge in [-0.25, -0.2) is 4.98 Å². The summed E-state index contributed by atoms with van der Waals surface area (Å²) in [5.74, 6) is 0.348. The van der Waals surface area contributed by atoms with Crippen molar-refractivity contribution in [3.05, 3.63) is 36.8 Å². The summed E-state index contributed by atoms with van der Waals surface area (Å²) in [5.41, 5.74) is 0. The fourth-order valence-corrected chi connectivity index (χ4v) is 2.61. The molecule has 0 radical (unpaired) electrons. The van der Waals surface area contributed by atoms with E-state index >= 15 is 0 Å². The highest BCUT2D eigenvalue weighted by Gasteiger charge is 2.25. The highest BCUT2D eigenvalue weighted by Crippen LogP contribution is 2.10. The molecule has 0 atom stereocenters. The lowest BCUT2D eigenvalue weighted by atomic mass is 10.2. The zero-order valence-electron chi connectivity index (χ0n) is 12.8. The highest BCUT2D eigenvalue weighted by atomic mass is 16.3. The van der Waals surface area contributed by atoms with Gasteiger partial charge >= 0.3 is 0 Å². The molecule has 2 aromatic heterocycles. The minimum Gasteiger partial charge on any atom is -0.459 e. The van der Waals surface area contributed by atoms with Crippen LogP contribution in [0.3, 0.4) is 0 Å². The fraction of sp³-hybridized carbons (Fsp3) is 0.467. The molecule has 2 aromatic rings. The van der Waals surface area contributed by atoms with Crippen molar-refractivity contribution in [2.75, 3.05) is 26.2 Å². The zero-order valence-corrected chi connectivity index (χ0v) is 12.8. The van der Waals surface area contributed by atoms with Gasteiger partial charge in [-0.1, -0.05) is 0 Å². The summed E-state index contributed by atoms with van der Waals surface area (Å²) in [5, 5.41) is 4.01. The van der Waals surface area contributed by atoms with E-state index in [9.17, 15) is 9.59 Å². The van der Waals surface area contributed by atoms with Crippen molar-refractivity contribution >= 4 is 11.8 Å². The van der Waals surface area contributed by atoms with E-state index in [1.807, 2.05) is 4.90 Å². The molecule has 3 rings (SSSR count). The number of hydrogen-bond acceptors (Lipinski definition) is 5. The maximum Gasteiger partial charge on any atom is 0.289 e. The summed E-state index contributed by atoms with van der Waals surface area (Å²) in [7, 11) is 0. The monoisotopic (exact) mass is 317 g/mol. The van der Waals surface area contributed by atoms with Gasteiger partial charge in [0.25, 0.3) is 5.91 Å². The molecule has 1 aliphatic rings. The van der Waals surface area contributed by atoms with Gasteiger partial charge in [-0.05, 0) is 18.6 Å². The Morgan fingerprint density at radius 1 is 1.17 bits per heavy atom. The molecule has 8 heteroatoms. The van der Waals surface area contributed by atoms with Crippen molar-refractivity contribution in [1.82, 2.24) is 24.6 Å². The molecule has 1 aliphatic heterocycles. The maximum absolute atomic E-state index is 12.2. The van der Waals surface area contributed by atoms with Gasteiger partial charge in [0.05, 0.1) is 6.26 Å². The number of hydrogen-bond donors (Lipinski definition) is 0. The summed E-state index contributed by atoms with van der Waals surface area (Å²) in [4.78, 5) is 31.7. The number of piperazine rings is 1. The molecule has 2 amide bonds. The van der Waals surface area contributed by atoms with Gasteiger partial charge in [-0.15, -0.1) is 0 Å². The first-order valence-electron chi connectivity index (χ1n) is 7.67. The molecule has 8 nitrogen and oxygen atoms in total. The van der Waals surface area contributed by atoms with Crippen molar-refractivity contribution in [3.63, 3.8) is 0 Å². The third-order valence-corrected chi connectivity index (χ3v) is 3.90.